The van der Waals surface area contributed by atoms with Gasteiger partial charge in [-0.1, -0.05) is 72.8 Å². The third kappa shape index (κ3) is 17.9. The van der Waals surface area contributed by atoms with Gasteiger partial charge in [-0.05, 0) is 261 Å². The number of pyridine rings is 3. The van der Waals surface area contributed by atoms with E-state index in [9.17, 15) is 41.9 Å². The van der Waals surface area contributed by atoms with Crippen LogP contribution in [0.2, 0.25) is 0 Å². The van der Waals surface area contributed by atoms with Gasteiger partial charge in [0.1, 0.15) is 35.8 Å². The molecule has 0 bridgehead atoms. The molecule has 0 unspecified atom stereocenters. The van der Waals surface area contributed by atoms with E-state index in [2.05, 4.69) is 49.1 Å². The lowest BCUT2D eigenvalue weighted by Crippen LogP contribution is -2.48. The highest BCUT2D eigenvalue weighted by Gasteiger charge is 2.58. The fraction of sp³-hybridized carbons (Fsp3) is 0.483. The van der Waals surface area contributed by atoms with E-state index in [1.807, 2.05) is 93.6 Å². The molecular weight excluding hydrogens is 1380 g/mol. The number of cyclic esters (lactones) is 3. The van der Waals surface area contributed by atoms with E-state index < -0.39 is 0 Å². The van der Waals surface area contributed by atoms with Crippen LogP contribution in [0.1, 0.15) is 136 Å². The molecule has 6 aromatic rings. The summed E-state index contributed by atoms with van der Waals surface area (Å²) >= 11 is 0. The summed E-state index contributed by atoms with van der Waals surface area (Å²) in [5, 5.41) is 9.00. The average molecular weight is 1480 g/mol. The minimum absolute atomic E-state index is 0.0679. The molecule has 570 valence electrons. The highest BCUT2D eigenvalue weighted by atomic mass is 19.1. The van der Waals surface area contributed by atoms with Crippen molar-refractivity contribution in [3.63, 3.8) is 0 Å². The van der Waals surface area contributed by atoms with E-state index in [0.29, 0.717) is 55.3 Å². The van der Waals surface area contributed by atoms with Crippen LogP contribution in [0.3, 0.4) is 0 Å². The number of fused-ring (bicyclic) bond motifs is 6. The normalized spacial score (nSPS) is 31.4. The van der Waals surface area contributed by atoms with Crippen molar-refractivity contribution in [2.45, 2.75) is 155 Å². The van der Waals surface area contributed by atoms with Gasteiger partial charge in [0, 0.05) is 71.2 Å². The number of alkyl carbamates (subject to hydrolysis) is 3. The first kappa shape index (κ1) is 76.5. The van der Waals surface area contributed by atoms with Crippen LogP contribution in [0, 0.1) is 106 Å². The number of ether oxygens (including phenoxy) is 6. The maximum absolute atomic E-state index is 13.6. The number of carbonyl (C=O) groups excluding carboxylic acids is 6. The van der Waals surface area contributed by atoms with Crippen molar-refractivity contribution < 1.29 is 70.4 Å². The molecule has 21 atom stereocenters. The monoisotopic (exact) mass is 1480 g/mol. The van der Waals surface area contributed by atoms with Crippen LogP contribution in [0.15, 0.2) is 146 Å². The van der Waals surface area contributed by atoms with Gasteiger partial charge in [-0.2, -0.15) is 0 Å². The third-order valence-corrected chi connectivity index (χ3v) is 24.5. The van der Waals surface area contributed by atoms with Crippen molar-refractivity contribution in [2.75, 3.05) is 19.8 Å². The number of rotatable bonds is 15. The molecular formula is C87H99F3N6O12. The van der Waals surface area contributed by atoms with Gasteiger partial charge in [0.05, 0.1) is 54.7 Å². The Kier molecular flexibility index (Phi) is 24.6. The van der Waals surface area contributed by atoms with Crippen LogP contribution in [-0.4, -0.2) is 107 Å². The molecule has 6 heterocycles. The summed E-state index contributed by atoms with van der Waals surface area (Å²) in [7, 11) is 0. The largest absolute Gasteiger partial charge is 0.462 e. The van der Waals surface area contributed by atoms with Crippen molar-refractivity contribution >= 4 is 54.4 Å². The maximum atomic E-state index is 13.6. The molecule has 3 N–H and O–H groups in total. The van der Waals surface area contributed by atoms with E-state index in [1.165, 1.54) is 36.4 Å². The summed E-state index contributed by atoms with van der Waals surface area (Å²) in [6.45, 7) is 12.5. The molecule has 3 aromatic carbocycles. The van der Waals surface area contributed by atoms with Crippen LogP contribution in [-0.2, 0) is 42.8 Å². The number of allylic oxidation sites excluding steroid dienone is 3. The smallest absolute Gasteiger partial charge is 0.407 e. The Labute approximate surface area is 630 Å². The quantitative estimate of drug-likeness (QED) is 0.0641. The lowest BCUT2D eigenvalue weighted by Gasteiger charge is -2.47. The average Bonchev–Trinajstić information content (AvgIpc) is 1.54. The van der Waals surface area contributed by atoms with Gasteiger partial charge in [0.15, 0.2) is 0 Å². The molecule has 6 aliphatic carbocycles. The molecule has 0 spiro atoms. The lowest BCUT2D eigenvalue weighted by atomic mass is 9.57. The zero-order valence-corrected chi connectivity index (χ0v) is 62.2. The Balaban J connectivity index is 0.000000143. The lowest BCUT2D eigenvalue weighted by molar-refractivity contribution is -0.145. The summed E-state index contributed by atoms with van der Waals surface area (Å²) in [5.74, 6) is 1.89. The van der Waals surface area contributed by atoms with Gasteiger partial charge in [-0.3, -0.25) is 29.3 Å². The van der Waals surface area contributed by atoms with E-state index in [-0.39, 0.29) is 143 Å². The predicted molar refractivity (Wildman–Crippen MR) is 402 cm³/mol. The second-order valence-corrected chi connectivity index (χ2v) is 30.8. The first-order valence-corrected chi connectivity index (χ1v) is 38.9. The number of nitrogens with zero attached hydrogens (tertiary/aromatic N) is 3. The highest BCUT2D eigenvalue weighted by Crippen LogP contribution is 2.57. The van der Waals surface area contributed by atoms with Gasteiger partial charge in [0.2, 0.25) is 0 Å². The third-order valence-electron chi connectivity index (χ3n) is 24.5. The molecule has 0 radical (unpaired) electrons. The number of hydrogen-bond acceptors (Lipinski definition) is 15. The standard InChI is InChI=1S/3C29H33FN2O4/c3*1-3-35-29(34)32-23-10-11-24-20(14-23)15-26-27(17(2)36-28(26)33)25(24)12-9-22-8-7-19(16-31-22)18-5-4-6-21(30)13-18/h3*4-9,12-13,16-17,20,23-27H,3,10-11,14-15H2,1-2H3,(H,32,34)/b3*12-9+/t17-,20+,23+,24-,25+,26-,27-;17-,20+,23+,24-,25-,26+,27+;17-,20+,23-,24-,25+,26+,27-/m110/s1. The summed E-state index contributed by atoms with van der Waals surface area (Å²) in [4.78, 5) is 87.7. The molecule has 9 fully saturated rings. The zero-order chi connectivity index (χ0) is 75.7. The molecule has 9 aliphatic rings. The SMILES string of the molecule is CCOC(=O)N[C@H]1CC[C@@H]2[C@@H](C1)C[C@@H]1C(=O)O[C@H](C)[C@H]1[C@@H]2/C=C/c1ccc(-c2cccc(F)c2)cn1.CCOC(=O)N[C@H]1CC[C@@H]2[C@@H](C1)C[C@H]1C(=O)O[C@H](C)[C@@H]1[C@H]2/C=C/c1ccc(-c2cccc(F)c2)cn1.CCOC(=O)N[C@H]1CC[C@H]2[C@H](C1)C[C@H]1C(=O)O[C@@H](C)[C@H]1[C@@H]2/C=C/c1ccc(-c2cccc(F)c2)cn1. The van der Waals surface area contributed by atoms with E-state index >= 15 is 0 Å². The molecule has 21 heteroatoms. The van der Waals surface area contributed by atoms with Gasteiger partial charge in [-0.25, -0.2) is 27.6 Å². The summed E-state index contributed by atoms with van der Waals surface area (Å²) in [5.41, 5.74) is 7.43. The molecule has 18 nitrogen and oxygen atoms in total. The summed E-state index contributed by atoms with van der Waals surface area (Å²) in [6, 6.07) is 31.3. The van der Waals surface area contributed by atoms with Crippen molar-refractivity contribution in [3.05, 3.63) is 181 Å². The number of aromatic nitrogens is 3. The maximum Gasteiger partial charge on any atom is 0.407 e. The second-order valence-electron chi connectivity index (χ2n) is 30.8. The van der Waals surface area contributed by atoms with Gasteiger partial charge in [0.25, 0.3) is 0 Å². The van der Waals surface area contributed by atoms with Gasteiger partial charge >= 0.3 is 36.2 Å². The first-order chi connectivity index (χ1) is 52.3. The van der Waals surface area contributed by atoms with E-state index in [0.717, 1.165) is 128 Å². The number of hydrogen-bond donors (Lipinski definition) is 3. The summed E-state index contributed by atoms with van der Waals surface area (Å²) in [6.07, 6.45) is 27.2. The van der Waals surface area contributed by atoms with Crippen molar-refractivity contribution in [1.82, 2.24) is 30.9 Å². The fourth-order valence-electron chi connectivity index (χ4n) is 19.9. The Morgan fingerprint density at radius 1 is 0.407 bits per heavy atom. The van der Waals surface area contributed by atoms with Crippen LogP contribution >= 0.6 is 0 Å². The Morgan fingerprint density at radius 2 is 0.694 bits per heavy atom. The van der Waals surface area contributed by atoms with E-state index in [1.54, 1.807) is 57.6 Å². The van der Waals surface area contributed by atoms with Crippen molar-refractivity contribution in [3.8, 4) is 33.4 Å². The topological polar surface area (TPSA) is 233 Å². The number of esters is 3. The Bertz CT molecular complexity index is 3830. The molecule has 3 aromatic heterocycles. The number of benzene rings is 3. The Hall–Kier alpha value is -9.66. The van der Waals surface area contributed by atoms with Crippen LogP contribution < -0.4 is 16.0 Å². The van der Waals surface area contributed by atoms with Crippen molar-refractivity contribution in [1.29, 1.82) is 0 Å². The minimum Gasteiger partial charge on any atom is -0.462 e. The van der Waals surface area contributed by atoms with Gasteiger partial charge < -0.3 is 44.4 Å². The minimum atomic E-state index is -0.368. The Morgan fingerprint density at radius 3 is 0.944 bits per heavy atom. The van der Waals surface area contributed by atoms with Gasteiger partial charge in [-0.15, -0.1) is 0 Å². The van der Waals surface area contributed by atoms with Crippen LogP contribution in [0.25, 0.3) is 51.6 Å². The molecule has 3 amide bonds. The molecule has 3 saturated heterocycles. The molecule has 3 aliphatic heterocycles. The molecule has 108 heavy (non-hydrogen) atoms. The van der Waals surface area contributed by atoms with Crippen molar-refractivity contribution in [2.24, 2.45) is 88.8 Å². The first-order valence-electron chi connectivity index (χ1n) is 38.9. The zero-order valence-electron chi connectivity index (χ0n) is 62.2. The number of nitrogens with one attached hydrogen (secondary N) is 3. The van der Waals surface area contributed by atoms with Crippen LogP contribution in [0.4, 0.5) is 27.6 Å². The number of halogens is 3. The van der Waals surface area contributed by atoms with Crippen LogP contribution in [0.5, 0.6) is 0 Å². The number of carbonyl (C=O) groups is 6. The molecule has 15 rings (SSSR count). The fourth-order valence-corrected chi connectivity index (χ4v) is 19.9. The predicted octanol–water partition coefficient (Wildman–Crippen LogP) is 16.9. The molecule has 6 saturated carbocycles. The van der Waals surface area contributed by atoms with E-state index in [4.69, 9.17) is 28.4 Å². The highest BCUT2D eigenvalue weighted by molar-refractivity contribution is 5.78. The number of amides is 3. The summed E-state index contributed by atoms with van der Waals surface area (Å²) < 4.78 is 73.0. The second kappa shape index (κ2) is 34.7.